The molecule has 0 aliphatic carbocycles. The molecule has 0 spiro atoms. The Hall–Kier alpha value is -1.53. The molecule has 0 bridgehead atoms. The summed E-state index contributed by atoms with van der Waals surface area (Å²) in [7, 11) is 1.83. The lowest BCUT2D eigenvalue weighted by Crippen LogP contribution is -1.97. The van der Waals surface area contributed by atoms with Gasteiger partial charge in [0.25, 0.3) is 0 Å². The Bertz CT molecular complexity index is 797. The van der Waals surface area contributed by atoms with E-state index in [4.69, 9.17) is 0 Å². The minimum Gasteiger partial charge on any atom is -0.310 e. The lowest BCUT2D eigenvalue weighted by atomic mass is 10.2. The third-order valence-corrected chi connectivity index (χ3v) is 4.17. The fraction of sp³-hybridized carbons (Fsp3) is 0.0667. The molecule has 0 unspecified atom stereocenters. The van der Waals surface area contributed by atoms with Crippen molar-refractivity contribution in [3.8, 4) is 22.8 Å². The normalized spacial score (nSPS) is 10.9. The van der Waals surface area contributed by atoms with Gasteiger partial charge < -0.3 is 4.57 Å². The summed E-state index contributed by atoms with van der Waals surface area (Å²) >= 11 is 6.65. The highest BCUT2D eigenvalue weighted by atomic mass is 79.9. The summed E-state index contributed by atoms with van der Waals surface area (Å²) < 4.78 is 17.5. The summed E-state index contributed by atoms with van der Waals surface area (Å²) in [6.45, 7) is 0. The number of hydrogen-bond acceptors (Lipinski definition) is 2. The Balaban J connectivity index is 2.09. The van der Waals surface area contributed by atoms with E-state index in [-0.39, 0.29) is 5.82 Å². The van der Waals surface area contributed by atoms with Crippen molar-refractivity contribution < 1.29 is 4.39 Å². The second-order valence-corrected chi connectivity index (χ2v) is 6.37. The highest BCUT2D eigenvalue weighted by molar-refractivity contribution is 9.10. The first kappa shape index (κ1) is 14.4. The quantitative estimate of drug-likeness (QED) is 0.606. The first-order valence-electron chi connectivity index (χ1n) is 6.17. The van der Waals surface area contributed by atoms with Crippen molar-refractivity contribution >= 4 is 31.9 Å². The Morgan fingerprint density at radius 3 is 2.19 bits per heavy atom. The van der Waals surface area contributed by atoms with E-state index < -0.39 is 0 Å². The van der Waals surface area contributed by atoms with Gasteiger partial charge in [0.15, 0.2) is 11.6 Å². The van der Waals surface area contributed by atoms with Gasteiger partial charge in [0.2, 0.25) is 0 Å². The van der Waals surface area contributed by atoms with E-state index in [0.717, 1.165) is 10.0 Å². The molecule has 1 aromatic heterocycles. The van der Waals surface area contributed by atoms with Gasteiger partial charge in [-0.1, -0.05) is 44.0 Å². The molecule has 3 aromatic rings. The summed E-state index contributed by atoms with van der Waals surface area (Å²) in [5.41, 5.74) is 1.36. The Labute approximate surface area is 138 Å². The number of rotatable bonds is 2. The third kappa shape index (κ3) is 2.78. The topological polar surface area (TPSA) is 30.7 Å². The molecule has 1 heterocycles. The number of hydrogen-bond donors (Lipinski definition) is 0. The maximum absolute atomic E-state index is 14.1. The average Bonchev–Trinajstić information content (AvgIpc) is 2.82. The minimum atomic E-state index is -0.331. The molecule has 3 rings (SSSR count). The molecule has 0 fully saturated rings. The standard InChI is InChI=1S/C15H10Br2FN3/c1-21-14(9-2-4-10(16)5-3-9)19-20-15(21)12-7-6-11(17)8-13(12)18/h2-8H,1H3. The molecule has 2 aromatic carbocycles. The van der Waals surface area contributed by atoms with E-state index in [0.29, 0.717) is 21.7 Å². The summed E-state index contributed by atoms with van der Waals surface area (Å²) in [5.74, 6) is 0.861. The largest absolute Gasteiger partial charge is 0.310 e. The highest BCUT2D eigenvalue weighted by Gasteiger charge is 2.15. The van der Waals surface area contributed by atoms with Crippen LogP contribution in [-0.4, -0.2) is 14.8 Å². The van der Waals surface area contributed by atoms with Crippen LogP contribution in [-0.2, 0) is 7.05 Å². The van der Waals surface area contributed by atoms with Crippen LogP contribution in [0.2, 0.25) is 0 Å². The Morgan fingerprint density at radius 2 is 1.52 bits per heavy atom. The Kier molecular flexibility index (Phi) is 3.91. The zero-order chi connectivity index (χ0) is 15.0. The summed E-state index contributed by atoms with van der Waals surface area (Å²) in [4.78, 5) is 0. The van der Waals surface area contributed by atoms with Crippen molar-refractivity contribution in [1.82, 2.24) is 14.8 Å². The summed E-state index contributed by atoms with van der Waals surface area (Å²) in [6.07, 6.45) is 0. The van der Waals surface area contributed by atoms with Crippen LogP contribution in [0.5, 0.6) is 0 Å². The van der Waals surface area contributed by atoms with Crippen LogP contribution in [0.1, 0.15) is 0 Å². The van der Waals surface area contributed by atoms with Gasteiger partial charge in [-0.25, -0.2) is 4.39 Å². The molecule has 3 nitrogen and oxygen atoms in total. The smallest absolute Gasteiger partial charge is 0.166 e. The van der Waals surface area contributed by atoms with Gasteiger partial charge >= 0.3 is 0 Å². The molecule has 0 aliphatic rings. The molecule has 0 atom stereocenters. The highest BCUT2D eigenvalue weighted by Crippen LogP contribution is 2.27. The second kappa shape index (κ2) is 5.69. The lowest BCUT2D eigenvalue weighted by Gasteiger charge is -2.05. The van der Waals surface area contributed by atoms with E-state index in [9.17, 15) is 4.39 Å². The van der Waals surface area contributed by atoms with Crippen molar-refractivity contribution in [2.75, 3.05) is 0 Å². The molecule has 21 heavy (non-hydrogen) atoms. The van der Waals surface area contributed by atoms with Crippen molar-refractivity contribution in [2.45, 2.75) is 0 Å². The molecule has 0 amide bonds. The maximum atomic E-state index is 14.1. The Morgan fingerprint density at radius 1 is 0.905 bits per heavy atom. The number of halogens is 3. The van der Waals surface area contributed by atoms with Gasteiger partial charge in [0, 0.05) is 21.6 Å². The van der Waals surface area contributed by atoms with Crippen molar-refractivity contribution in [3.63, 3.8) is 0 Å². The van der Waals surface area contributed by atoms with Crippen LogP contribution in [0.15, 0.2) is 51.4 Å². The van der Waals surface area contributed by atoms with Gasteiger partial charge in [-0.3, -0.25) is 0 Å². The predicted molar refractivity (Wildman–Crippen MR) is 87.2 cm³/mol. The number of aromatic nitrogens is 3. The zero-order valence-electron chi connectivity index (χ0n) is 11.0. The second-order valence-electron chi connectivity index (χ2n) is 4.54. The lowest BCUT2D eigenvalue weighted by molar-refractivity contribution is 0.628. The van der Waals surface area contributed by atoms with Gasteiger partial charge in [-0.15, -0.1) is 10.2 Å². The van der Waals surface area contributed by atoms with E-state index in [2.05, 4.69) is 42.1 Å². The molecular weight excluding hydrogens is 401 g/mol. The SMILES string of the molecule is Cn1c(-c2ccc(Br)cc2)nnc1-c1ccc(Br)cc1F. The van der Waals surface area contributed by atoms with Crippen LogP contribution in [0.4, 0.5) is 4.39 Å². The van der Waals surface area contributed by atoms with Crippen LogP contribution < -0.4 is 0 Å². The molecule has 0 saturated carbocycles. The van der Waals surface area contributed by atoms with E-state index >= 15 is 0 Å². The van der Waals surface area contributed by atoms with Crippen LogP contribution in [0.3, 0.4) is 0 Å². The van der Waals surface area contributed by atoms with Crippen molar-refractivity contribution in [2.24, 2.45) is 7.05 Å². The monoisotopic (exact) mass is 409 g/mol. The molecular formula is C15H10Br2FN3. The molecule has 0 N–H and O–H groups in total. The summed E-state index contributed by atoms with van der Waals surface area (Å²) in [6, 6.07) is 12.6. The first-order chi connectivity index (χ1) is 10.1. The van der Waals surface area contributed by atoms with E-state index in [1.54, 1.807) is 16.7 Å². The fourth-order valence-electron chi connectivity index (χ4n) is 2.08. The van der Waals surface area contributed by atoms with Crippen molar-refractivity contribution in [1.29, 1.82) is 0 Å². The molecule has 0 radical (unpaired) electrons. The predicted octanol–water partition coefficient (Wildman–Crippen LogP) is 4.81. The van der Waals surface area contributed by atoms with Gasteiger partial charge in [0.1, 0.15) is 5.82 Å². The fourth-order valence-corrected chi connectivity index (χ4v) is 2.68. The van der Waals surface area contributed by atoms with Crippen LogP contribution in [0.25, 0.3) is 22.8 Å². The molecule has 106 valence electrons. The zero-order valence-corrected chi connectivity index (χ0v) is 14.2. The van der Waals surface area contributed by atoms with Crippen LogP contribution >= 0.6 is 31.9 Å². The number of benzene rings is 2. The van der Waals surface area contributed by atoms with Crippen LogP contribution in [0, 0.1) is 5.82 Å². The maximum Gasteiger partial charge on any atom is 0.166 e. The van der Waals surface area contributed by atoms with E-state index in [1.165, 1.54) is 6.07 Å². The first-order valence-corrected chi connectivity index (χ1v) is 7.75. The third-order valence-electron chi connectivity index (χ3n) is 3.15. The minimum absolute atomic E-state index is 0.331. The molecule has 6 heteroatoms. The van der Waals surface area contributed by atoms with Crippen molar-refractivity contribution in [3.05, 3.63) is 57.2 Å². The summed E-state index contributed by atoms with van der Waals surface area (Å²) in [5, 5.41) is 8.30. The van der Waals surface area contributed by atoms with Gasteiger partial charge in [0.05, 0.1) is 5.56 Å². The van der Waals surface area contributed by atoms with E-state index in [1.807, 2.05) is 31.3 Å². The average molecular weight is 411 g/mol. The molecule has 0 aliphatic heterocycles. The number of nitrogens with zero attached hydrogens (tertiary/aromatic N) is 3. The van der Waals surface area contributed by atoms with Gasteiger partial charge in [-0.05, 0) is 30.3 Å². The van der Waals surface area contributed by atoms with Gasteiger partial charge in [-0.2, -0.15) is 0 Å². The molecule has 0 saturated heterocycles.